The summed E-state index contributed by atoms with van der Waals surface area (Å²) < 4.78 is 17.9. The Labute approximate surface area is 209 Å². The van der Waals surface area contributed by atoms with Crippen molar-refractivity contribution >= 4 is 22.7 Å². The molecule has 1 atom stereocenters. The Balaban J connectivity index is 1.67. The quantitative estimate of drug-likeness (QED) is 0.316. The summed E-state index contributed by atoms with van der Waals surface area (Å²) >= 11 is 0. The van der Waals surface area contributed by atoms with Crippen LogP contribution in [0.15, 0.2) is 76.1 Å². The van der Waals surface area contributed by atoms with Crippen molar-refractivity contribution in [1.82, 2.24) is 4.98 Å². The average molecular weight is 485 g/mol. The van der Waals surface area contributed by atoms with Crippen molar-refractivity contribution in [3.05, 3.63) is 94.0 Å². The lowest BCUT2D eigenvalue weighted by molar-refractivity contribution is 0.0970. The lowest BCUT2D eigenvalue weighted by atomic mass is 9.98. The van der Waals surface area contributed by atoms with Crippen molar-refractivity contribution in [3.63, 3.8) is 0 Å². The lowest BCUT2D eigenvalue weighted by Gasteiger charge is -2.25. The largest absolute Gasteiger partial charge is 0.490 e. The Hall–Kier alpha value is -4.13. The maximum absolute atomic E-state index is 13.7. The third-order valence-corrected chi connectivity index (χ3v) is 6.21. The van der Waals surface area contributed by atoms with Crippen LogP contribution in [0.1, 0.15) is 54.9 Å². The van der Waals surface area contributed by atoms with Crippen molar-refractivity contribution in [3.8, 4) is 11.5 Å². The van der Waals surface area contributed by atoms with Crippen molar-refractivity contribution in [2.24, 2.45) is 5.92 Å². The maximum Gasteiger partial charge on any atom is 0.296 e. The van der Waals surface area contributed by atoms with Crippen LogP contribution in [-0.2, 0) is 0 Å². The fourth-order valence-corrected chi connectivity index (χ4v) is 4.45. The zero-order valence-corrected chi connectivity index (χ0v) is 20.6. The van der Waals surface area contributed by atoms with Gasteiger partial charge in [0.2, 0.25) is 5.76 Å². The highest BCUT2D eigenvalue weighted by Gasteiger charge is 2.44. The molecule has 0 fully saturated rings. The standard InChI is InChI=1S/C29H28N2O5/c1-4-34-23-17-19(12-13-22(23)35-16-14-18(2)3)26-25-27(32)20-9-5-6-10-21(20)36-28(25)29(33)31(26)24-11-7-8-15-30-24/h5-13,15,17-18,26H,4,14,16H2,1-3H3. The molecular formula is C29H28N2O5. The predicted octanol–water partition coefficient (Wildman–Crippen LogP) is 5.76. The van der Waals surface area contributed by atoms with Gasteiger partial charge in [0.05, 0.1) is 30.2 Å². The Kier molecular flexibility index (Phi) is 6.46. The van der Waals surface area contributed by atoms with Crippen LogP contribution in [-0.4, -0.2) is 24.1 Å². The molecule has 1 aliphatic rings. The highest BCUT2D eigenvalue weighted by Crippen LogP contribution is 2.42. The molecule has 0 N–H and O–H groups in total. The SMILES string of the molecule is CCOc1cc(C2c3c(oc4ccccc4c3=O)C(=O)N2c2ccccn2)ccc1OCCC(C)C. The summed E-state index contributed by atoms with van der Waals surface area (Å²) in [6.07, 6.45) is 2.53. The highest BCUT2D eigenvalue weighted by molar-refractivity contribution is 6.10. The van der Waals surface area contributed by atoms with Crippen LogP contribution < -0.4 is 19.8 Å². The van der Waals surface area contributed by atoms with Gasteiger partial charge >= 0.3 is 0 Å². The van der Waals surface area contributed by atoms with Crippen molar-refractivity contribution in [2.45, 2.75) is 33.2 Å². The van der Waals surface area contributed by atoms with Gasteiger partial charge in [-0.1, -0.05) is 38.1 Å². The van der Waals surface area contributed by atoms with Crippen molar-refractivity contribution < 1.29 is 18.7 Å². The number of nitrogens with zero attached hydrogens (tertiary/aromatic N) is 2. The molecule has 2 aromatic carbocycles. The molecule has 36 heavy (non-hydrogen) atoms. The lowest BCUT2D eigenvalue weighted by Crippen LogP contribution is -2.30. The molecule has 0 radical (unpaired) electrons. The van der Waals surface area contributed by atoms with Gasteiger partial charge in [0.1, 0.15) is 11.4 Å². The minimum Gasteiger partial charge on any atom is -0.490 e. The van der Waals surface area contributed by atoms with E-state index in [1.54, 1.807) is 48.7 Å². The van der Waals surface area contributed by atoms with Gasteiger partial charge < -0.3 is 13.9 Å². The summed E-state index contributed by atoms with van der Waals surface area (Å²) in [5, 5.41) is 0.426. The Morgan fingerprint density at radius 3 is 2.56 bits per heavy atom. The average Bonchev–Trinajstić information content (AvgIpc) is 3.18. The smallest absolute Gasteiger partial charge is 0.296 e. The number of pyridine rings is 1. The predicted molar refractivity (Wildman–Crippen MR) is 138 cm³/mol. The molecule has 5 rings (SSSR count). The monoisotopic (exact) mass is 484 g/mol. The van der Waals surface area contributed by atoms with Gasteiger partial charge in [0, 0.05) is 6.20 Å². The summed E-state index contributed by atoms with van der Waals surface area (Å²) in [5.74, 6) is 1.75. The number of hydrogen-bond acceptors (Lipinski definition) is 6. The van der Waals surface area contributed by atoms with Crippen molar-refractivity contribution in [2.75, 3.05) is 18.1 Å². The van der Waals surface area contributed by atoms with E-state index in [1.807, 2.05) is 25.1 Å². The van der Waals surface area contributed by atoms with Crippen LogP contribution in [0.5, 0.6) is 11.5 Å². The van der Waals surface area contributed by atoms with Gasteiger partial charge in [-0.3, -0.25) is 14.5 Å². The molecule has 2 aromatic heterocycles. The van der Waals surface area contributed by atoms with Gasteiger partial charge in [-0.2, -0.15) is 0 Å². The topological polar surface area (TPSA) is 81.9 Å². The number of para-hydroxylation sites is 1. The number of rotatable bonds is 8. The van der Waals surface area contributed by atoms with Crippen LogP contribution in [0.3, 0.4) is 0 Å². The van der Waals surface area contributed by atoms with Crippen LogP contribution in [0.2, 0.25) is 0 Å². The van der Waals surface area contributed by atoms with Crippen molar-refractivity contribution in [1.29, 1.82) is 0 Å². The molecule has 0 saturated heterocycles. The van der Waals surface area contributed by atoms with Crippen LogP contribution in [0.25, 0.3) is 11.0 Å². The molecule has 0 spiro atoms. The molecular weight excluding hydrogens is 456 g/mol. The first-order valence-corrected chi connectivity index (χ1v) is 12.2. The van der Waals surface area contributed by atoms with E-state index in [4.69, 9.17) is 13.9 Å². The van der Waals surface area contributed by atoms with Gasteiger partial charge in [-0.15, -0.1) is 0 Å². The van der Waals surface area contributed by atoms with E-state index in [1.165, 1.54) is 4.90 Å². The number of anilines is 1. The second-order valence-electron chi connectivity index (χ2n) is 9.11. The molecule has 4 aromatic rings. The van der Waals surface area contributed by atoms with E-state index in [0.717, 1.165) is 6.42 Å². The van der Waals surface area contributed by atoms with Gasteiger partial charge in [-0.25, -0.2) is 4.98 Å². The first-order valence-electron chi connectivity index (χ1n) is 12.2. The molecule has 7 heteroatoms. The van der Waals surface area contributed by atoms with E-state index in [0.29, 0.717) is 58.5 Å². The molecule has 7 nitrogen and oxygen atoms in total. The van der Waals surface area contributed by atoms with E-state index < -0.39 is 11.9 Å². The third-order valence-electron chi connectivity index (χ3n) is 6.21. The summed E-state index contributed by atoms with van der Waals surface area (Å²) in [7, 11) is 0. The fraction of sp³-hybridized carbons (Fsp3) is 0.276. The minimum absolute atomic E-state index is 0.0320. The molecule has 1 unspecified atom stereocenters. The first-order chi connectivity index (χ1) is 17.5. The molecule has 1 amide bonds. The molecule has 1 aliphatic heterocycles. The number of benzene rings is 2. The van der Waals surface area contributed by atoms with E-state index in [-0.39, 0.29) is 11.2 Å². The summed E-state index contributed by atoms with van der Waals surface area (Å²) in [6.45, 7) is 7.20. The first kappa shape index (κ1) is 23.6. The summed E-state index contributed by atoms with van der Waals surface area (Å²) in [6, 6.07) is 17.1. The Bertz CT molecular complexity index is 1460. The number of ether oxygens (including phenoxy) is 2. The maximum atomic E-state index is 13.7. The number of hydrogen-bond donors (Lipinski definition) is 0. The minimum atomic E-state index is -0.729. The molecule has 0 aliphatic carbocycles. The molecule has 0 saturated carbocycles. The number of carbonyl (C=O) groups excluding carboxylic acids is 1. The number of carbonyl (C=O) groups is 1. The normalized spacial score (nSPS) is 14.9. The highest BCUT2D eigenvalue weighted by atomic mass is 16.5. The number of amides is 1. The van der Waals surface area contributed by atoms with Crippen LogP contribution in [0.4, 0.5) is 5.82 Å². The summed E-state index contributed by atoms with van der Waals surface area (Å²) in [4.78, 5) is 33.3. The molecule has 184 valence electrons. The van der Waals surface area contributed by atoms with Crippen LogP contribution >= 0.6 is 0 Å². The summed E-state index contributed by atoms with van der Waals surface area (Å²) in [5.41, 5.74) is 1.13. The fourth-order valence-electron chi connectivity index (χ4n) is 4.45. The Morgan fingerprint density at radius 2 is 1.81 bits per heavy atom. The number of aromatic nitrogens is 1. The van der Waals surface area contributed by atoms with E-state index in [2.05, 4.69) is 18.8 Å². The zero-order chi connectivity index (χ0) is 25.2. The zero-order valence-electron chi connectivity index (χ0n) is 20.6. The van der Waals surface area contributed by atoms with E-state index >= 15 is 0 Å². The van der Waals surface area contributed by atoms with Gasteiger partial charge in [0.25, 0.3) is 5.91 Å². The van der Waals surface area contributed by atoms with Gasteiger partial charge in [-0.05, 0) is 61.2 Å². The second-order valence-corrected chi connectivity index (χ2v) is 9.11. The number of fused-ring (bicyclic) bond motifs is 2. The molecule has 3 heterocycles. The Morgan fingerprint density at radius 1 is 1.00 bits per heavy atom. The van der Waals surface area contributed by atoms with Gasteiger partial charge in [0.15, 0.2) is 16.9 Å². The second kappa shape index (κ2) is 9.85. The molecule has 0 bridgehead atoms. The van der Waals surface area contributed by atoms with E-state index in [9.17, 15) is 9.59 Å². The third kappa shape index (κ3) is 4.21. The van der Waals surface area contributed by atoms with Crippen LogP contribution in [0, 0.1) is 5.92 Å².